The smallest absolute Gasteiger partial charge is 0.369 e. The Kier molecular flexibility index (Phi) is 7.07. The van der Waals surface area contributed by atoms with Gasteiger partial charge in [0, 0.05) is 18.2 Å². The van der Waals surface area contributed by atoms with Crippen LogP contribution in [0.1, 0.15) is 26.7 Å². The number of likely N-dealkylation sites (tertiary alicyclic amines) is 1. The van der Waals surface area contributed by atoms with Crippen LogP contribution in [0.4, 0.5) is 4.79 Å². The molecule has 1 saturated heterocycles. The van der Waals surface area contributed by atoms with Crippen molar-refractivity contribution < 1.29 is 34.2 Å². The summed E-state index contributed by atoms with van der Waals surface area (Å²) in [4.78, 5) is 50.2. The van der Waals surface area contributed by atoms with Crippen molar-refractivity contribution in [2.75, 3.05) is 12.3 Å². The molecule has 1 amide bonds. The summed E-state index contributed by atoms with van der Waals surface area (Å²) in [5, 5.41) is 17.2. The lowest BCUT2D eigenvalue weighted by atomic mass is 10.1. The third-order valence-electron chi connectivity index (χ3n) is 3.19. The molecule has 0 spiro atoms. The Morgan fingerprint density at radius 3 is 2.65 bits per heavy atom. The molecule has 0 radical (unpaired) electrons. The lowest BCUT2D eigenvalue weighted by Gasteiger charge is -2.24. The molecule has 1 aliphatic rings. The Hall–Kier alpha value is -2.04. The number of carboxylic acid groups (broad SMARTS) is 1. The lowest BCUT2D eigenvalue weighted by Crippen LogP contribution is -2.43. The molecule has 1 N–H and O–H groups in total. The molecule has 0 aromatic rings. The van der Waals surface area contributed by atoms with E-state index >= 15 is 0 Å². The first kappa shape index (κ1) is 19.0. The molecule has 0 aliphatic carbocycles. The van der Waals surface area contributed by atoms with E-state index in [2.05, 4.69) is 9.57 Å². The summed E-state index contributed by atoms with van der Waals surface area (Å²) in [6.07, 6.45) is -0.301. The molecular formula is C12H18N2O8S. The number of nitrogens with zero attached hydrogens (tertiary/aromatic N) is 2. The molecule has 130 valence electrons. The maximum atomic E-state index is 12.2. The minimum atomic E-state index is -1.34. The molecule has 0 saturated carbocycles. The Morgan fingerprint density at radius 2 is 2.09 bits per heavy atom. The van der Waals surface area contributed by atoms with E-state index in [-0.39, 0.29) is 11.7 Å². The predicted octanol–water partition coefficient (Wildman–Crippen LogP) is 1.12. The fraction of sp³-hybridized carbons (Fsp3) is 0.750. The normalized spacial score (nSPS) is 19.7. The average molecular weight is 350 g/mol. The minimum absolute atomic E-state index is 0.0751. The zero-order valence-electron chi connectivity index (χ0n) is 12.7. The maximum absolute atomic E-state index is 12.2. The largest absolute Gasteiger partial charge is 0.480 e. The van der Waals surface area contributed by atoms with Gasteiger partial charge in [-0.15, -0.1) is 10.1 Å². The van der Waals surface area contributed by atoms with Gasteiger partial charge in [-0.25, -0.2) is 9.59 Å². The zero-order valence-corrected chi connectivity index (χ0v) is 13.5. The Bertz CT molecular complexity index is 486. The van der Waals surface area contributed by atoms with Crippen LogP contribution in [0.2, 0.25) is 0 Å². The molecular weight excluding hydrogens is 332 g/mol. The van der Waals surface area contributed by atoms with E-state index in [0.29, 0.717) is 31.1 Å². The van der Waals surface area contributed by atoms with Crippen LogP contribution < -0.4 is 0 Å². The van der Waals surface area contributed by atoms with E-state index < -0.39 is 34.6 Å². The summed E-state index contributed by atoms with van der Waals surface area (Å²) >= 11 is 0.678. The monoisotopic (exact) mass is 350 g/mol. The SMILES string of the molecule is CC(OC(=O)SC[C@@H](C)C(=O)N1CCC[C@H]1C(=O)O)O[N+](=O)[O-]. The number of amides is 1. The summed E-state index contributed by atoms with van der Waals surface area (Å²) in [5.74, 6) is -1.89. The van der Waals surface area contributed by atoms with Crippen molar-refractivity contribution in [3.05, 3.63) is 10.1 Å². The van der Waals surface area contributed by atoms with Gasteiger partial charge in [0.25, 0.3) is 5.09 Å². The zero-order chi connectivity index (χ0) is 17.6. The van der Waals surface area contributed by atoms with Crippen LogP contribution >= 0.6 is 11.8 Å². The van der Waals surface area contributed by atoms with E-state index in [0.717, 1.165) is 0 Å². The summed E-state index contributed by atoms with van der Waals surface area (Å²) in [5.41, 5.74) is 0. The molecule has 1 fully saturated rings. The van der Waals surface area contributed by atoms with Crippen molar-refractivity contribution in [2.45, 2.75) is 39.0 Å². The van der Waals surface area contributed by atoms with Crippen LogP contribution in [0.3, 0.4) is 0 Å². The number of hydrogen-bond acceptors (Lipinski definition) is 8. The van der Waals surface area contributed by atoms with Crippen LogP contribution in [0.5, 0.6) is 0 Å². The molecule has 3 atom stereocenters. The van der Waals surface area contributed by atoms with Crippen molar-refractivity contribution in [3.8, 4) is 0 Å². The highest BCUT2D eigenvalue weighted by atomic mass is 32.2. The van der Waals surface area contributed by atoms with Crippen LogP contribution in [0.25, 0.3) is 0 Å². The van der Waals surface area contributed by atoms with Crippen molar-refractivity contribution in [1.82, 2.24) is 4.90 Å². The highest BCUT2D eigenvalue weighted by Gasteiger charge is 2.35. The highest BCUT2D eigenvalue weighted by Crippen LogP contribution is 2.22. The van der Waals surface area contributed by atoms with Gasteiger partial charge in [0.15, 0.2) is 0 Å². The molecule has 10 nitrogen and oxygen atoms in total. The molecule has 0 bridgehead atoms. The first-order valence-corrected chi connectivity index (χ1v) is 7.88. The highest BCUT2D eigenvalue weighted by molar-refractivity contribution is 8.13. The van der Waals surface area contributed by atoms with Crippen LogP contribution in [0, 0.1) is 16.0 Å². The van der Waals surface area contributed by atoms with Gasteiger partial charge in [0.05, 0.1) is 0 Å². The van der Waals surface area contributed by atoms with Gasteiger partial charge in [-0.3, -0.25) is 9.63 Å². The summed E-state index contributed by atoms with van der Waals surface area (Å²) in [6, 6.07) is -0.824. The second-order valence-electron chi connectivity index (χ2n) is 5.00. The molecule has 1 rings (SSSR count). The Morgan fingerprint density at radius 1 is 1.43 bits per heavy atom. The number of carbonyl (C=O) groups is 3. The van der Waals surface area contributed by atoms with Gasteiger partial charge >= 0.3 is 11.3 Å². The predicted molar refractivity (Wildman–Crippen MR) is 78.0 cm³/mol. The van der Waals surface area contributed by atoms with Gasteiger partial charge in [0.2, 0.25) is 12.2 Å². The number of ether oxygens (including phenoxy) is 1. The fourth-order valence-corrected chi connectivity index (χ4v) is 2.88. The molecule has 1 aliphatic heterocycles. The van der Waals surface area contributed by atoms with Crippen LogP contribution in [0.15, 0.2) is 0 Å². The Balaban J connectivity index is 2.42. The fourth-order valence-electron chi connectivity index (χ4n) is 2.15. The van der Waals surface area contributed by atoms with Gasteiger partial charge in [-0.2, -0.15) is 0 Å². The number of rotatable bonds is 7. The number of carboxylic acids is 1. The number of carbonyl (C=O) groups excluding carboxylic acids is 2. The van der Waals surface area contributed by atoms with E-state index in [1.807, 2.05) is 0 Å². The van der Waals surface area contributed by atoms with E-state index in [1.54, 1.807) is 6.92 Å². The van der Waals surface area contributed by atoms with E-state index in [9.17, 15) is 24.5 Å². The van der Waals surface area contributed by atoms with Gasteiger partial charge in [0.1, 0.15) is 6.04 Å². The third kappa shape index (κ3) is 5.93. The van der Waals surface area contributed by atoms with E-state index in [1.165, 1.54) is 11.8 Å². The molecule has 1 heterocycles. The molecule has 1 unspecified atom stereocenters. The van der Waals surface area contributed by atoms with Crippen LogP contribution in [-0.2, 0) is 19.2 Å². The Labute approximate surface area is 136 Å². The molecule has 0 aromatic carbocycles. The first-order chi connectivity index (χ1) is 10.7. The first-order valence-electron chi connectivity index (χ1n) is 6.90. The summed E-state index contributed by atoms with van der Waals surface area (Å²) < 4.78 is 4.62. The molecule has 23 heavy (non-hydrogen) atoms. The van der Waals surface area contributed by atoms with Gasteiger partial charge in [-0.05, 0) is 31.5 Å². The topological polar surface area (TPSA) is 136 Å². The van der Waals surface area contributed by atoms with Crippen molar-refractivity contribution in [3.63, 3.8) is 0 Å². The van der Waals surface area contributed by atoms with Gasteiger partial charge in [-0.1, -0.05) is 6.92 Å². The van der Waals surface area contributed by atoms with Crippen molar-refractivity contribution >= 4 is 28.9 Å². The van der Waals surface area contributed by atoms with Gasteiger partial charge < -0.3 is 14.7 Å². The maximum Gasteiger partial charge on any atom is 0.369 e. The second-order valence-corrected chi connectivity index (χ2v) is 5.96. The van der Waals surface area contributed by atoms with Crippen molar-refractivity contribution in [2.24, 2.45) is 5.92 Å². The number of aliphatic carboxylic acids is 1. The quantitative estimate of drug-likeness (QED) is 0.310. The number of hydrogen-bond donors (Lipinski definition) is 1. The van der Waals surface area contributed by atoms with Crippen LogP contribution in [-0.4, -0.2) is 56.9 Å². The summed E-state index contributed by atoms with van der Waals surface area (Å²) in [7, 11) is 0. The molecule has 0 aromatic heterocycles. The standard InChI is InChI=1S/C12H18N2O8S/c1-7(6-23-12(18)21-8(2)22-14(19)20)10(15)13-5-3-4-9(13)11(16)17/h7-9H,3-6H2,1-2H3,(H,16,17)/t7-,8?,9+/m1/s1. The third-order valence-corrected chi connectivity index (χ3v) is 4.19. The minimum Gasteiger partial charge on any atom is -0.480 e. The average Bonchev–Trinajstić information content (AvgIpc) is 2.92. The second kappa shape index (κ2) is 8.56. The lowest BCUT2D eigenvalue weighted by molar-refractivity contribution is -0.777. The number of thioether (sulfide) groups is 1. The molecule has 11 heteroatoms. The van der Waals surface area contributed by atoms with Crippen molar-refractivity contribution in [1.29, 1.82) is 0 Å². The van der Waals surface area contributed by atoms with E-state index in [4.69, 9.17) is 5.11 Å². The summed E-state index contributed by atoms with van der Waals surface area (Å²) in [6.45, 7) is 3.15.